The number of hydrogen-bond acceptors (Lipinski definition) is 4. The molecule has 0 aliphatic rings. The van der Waals surface area contributed by atoms with Gasteiger partial charge in [0.1, 0.15) is 18.4 Å². The molecule has 2 atom stereocenters. The maximum atomic E-state index is 13.6. The third kappa shape index (κ3) is 13.7. The van der Waals surface area contributed by atoms with E-state index in [4.69, 9.17) is 4.74 Å². The molecule has 0 unspecified atom stereocenters. The van der Waals surface area contributed by atoms with Crippen molar-refractivity contribution in [2.24, 2.45) is 5.92 Å². The van der Waals surface area contributed by atoms with Crippen LogP contribution in [-0.4, -0.2) is 67.0 Å². The summed E-state index contributed by atoms with van der Waals surface area (Å²) in [5, 5.41) is 6.33. The fraction of sp³-hybridized carbons (Fsp3) is 0.600. The number of benzene rings is 2. The van der Waals surface area contributed by atoms with Gasteiger partial charge < -0.3 is 25.2 Å². The zero-order chi connectivity index (χ0) is 30.7. The van der Waals surface area contributed by atoms with Gasteiger partial charge in [-0.1, -0.05) is 103 Å². The predicted molar refractivity (Wildman–Crippen MR) is 174 cm³/mol. The van der Waals surface area contributed by atoms with Crippen molar-refractivity contribution in [2.75, 3.05) is 33.2 Å². The van der Waals surface area contributed by atoms with E-state index in [2.05, 4.69) is 74.4 Å². The Morgan fingerprint density at radius 1 is 0.833 bits per heavy atom. The van der Waals surface area contributed by atoms with Crippen molar-refractivity contribution in [3.05, 3.63) is 65.7 Å². The fourth-order valence-electron chi connectivity index (χ4n) is 5.02. The van der Waals surface area contributed by atoms with Gasteiger partial charge in [-0.2, -0.15) is 0 Å². The van der Waals surface area contributed by atoms with Crippen LogP contribution in [0.3, 0.4) is 0 Å². The highest BCUT2D eigenvalue weighted by atomic mass is 16.5. The number of amides is 3. The number of carbonyl (C=O) groups excluding carboxylic acids is 2. The molecule has 0 fully saturated rings. The predicted octanol–water partition coefficient (Wildman–Crippen LogP) is 6.66. The van der Waals surface area contributed by atoms with Crippen molar-refractivity contribution >= 4 is 11.9 Å². The molecule has 7 nitrogen and oxygen atoms in total. The Kier molecular flexibility index (Phi) is 16.7. The average Bonchev–Trinajstić information content (AvgIpc) is 2.99. The Bertz CT molecular complexity index is 1010. The third-order valence-electron chi connectivity index (χ3n) is 7.64. The van der Waals surface area contributed by atoms with E-state index in [1.807, 2.05) is 37.4 Å². The number of likely N-dealkylation sites (N-methyl/N-ethyl adjacent to an activating group) is 1. The lowest BCUT2D eigenvalue weighted by Gasteiger charge is -2.29. The SMILES string of the molecule is CCCCCCCN(C)C(=O)N[C@@H](CC(C)C)C(=O)N[C@@H](Cc1ccc(OCc2ccccc2)cc1)CN(CC)CC. The van der Waals surface area contributed by atoms with Gasteiger partial charge in [0.25, 0.3) is 0 Å². The van der Waals surface area contributed by atoms with Crippen LogP contribution in [0.4, 0.5) is 4.79 Å². The van der Waals surface area contributed by atoms with Gasteiger partial charge >= 0.3 is 6.03 Å². The maximum Gasteiger partial charge on any atom is 0.317 e. The molecule has 42 heavy (non-hydrogen) atoms. The summed E-state index contributed by atoms with van der Waals surface area (Å²) in [7, 11) is 1.82. The lowest BCUT2D eigenvalue weighted by atomic mass is 10.0. The second-order valence-electron chi connectivity index (χ2n) is 11.8. The molecule has 0 saturated carbocycles. The summed E-state index contributed by atoms with van der Waals surface area (Å²) in [6.45, 7) is 14.4. The van der Waals surface area contributed by atoms with Gasteiger partial charge in [-0.3, -0.25) is 4.79 Å². The van der Waals surface area contributed by atoms with E-state index in [0.717, 1.165) is 49.4 Å². The van der Waals surface area contributed by atoms with E-state index >= 15 is 0 Å². The normalized spacial score (nSPS) is 12.7. The summed E-state index contributed by atoms with van der Waals surface area (Å²) in [4.78, 5) is 30.6. The van der Waals surface area contributed by atoms with Crippen LogP contribution < -0.4 is 15.4 Å². The second-order valence-corrected chi connectivity index (χ2v) is 11.8. The first-order valence-corrected chi connectivity index (χ1v) is 16.1. The smallest absolute Gasteiger partial charge is 0.317 e. The summed E-state index contributed by atoms with van der Waals surface area (Å²) in [6, 6.07) is 17.4. The summed E-state index contributed by atoms with van der Waals surface area (Å²) in [6.07, 6.45) is 7.01. The van der Waals surface area contributed by atoms with Crippen LogP contribution in [0.2, 0.25) is 0 Å². The fourth-order valence-corrected chi connectivity index (χ4v) is 5.02. The first-order valence-electron chi connectivity index (χ1n) is 16.1. The maximum absolute atomic E-state index is 13.6. The van der Waals surface area contributed by atoms with Crippen LogP contribution in [-0.2, 0) is 17.8 Å². The molecule has 0 aromatic heterocycles. The number of unbranched alkanes of at least 4 members (excludes halogenated alkanes) is 4. The van der Waals surface area contributed by atoms with Crippen molar-refractivity contribution in [2.45, 2.75) is 98.3 Å². The minimum Gasteiger partial charge on any atom is -0.489 e. The average molecular weight is 581 g/mol. The van der Waals surface area contributed by atoms with Gasteiger partial charge in [-0.15, -0.1) is 0 Å². The van der Waals surface area contributed by atoms with E-state index in [9.17, 15) is 9.59 Å². The molecule has 0 radical (unpaired) electrons. The molecular formula is C35H56N4O3. The van der Waals surface area contributed by atoms with Gasteiger partial charge in [0.15, 0.2) is 0 Å². The van der Waals surface area contributed by atoms with Crippen molar-refractivity contribution in [3.63, 3.8) is 0 Å². The number of hydrogen-bond donors (Lipinski definition) is 2. The summed E-state index contributed by atoms with van der Waals surface area (Å²) >= 11 is 0. The topological polar surface area (TPSA) is 73.9 Å². The van der Waals surface area contributed by atoms with Crippen LogP contribution in [0.1, 0.15) is 84.3 Å². The molecule has 2 N–H and O–H groups in total. The van der Waals surface area contributed by atoms with Gasteiger partial charge in [0.05, 0.1) is 0 Å². The van der Waals surface area contributed by atoms with Crippen LogP contribution >= 0.6 is 0 Å². The van der Waals surface area contributed by atoms with E-state index in [1.165, 1.54) is 19.3 Å². The Morgan fingerprint density at radius 2 is 1.50 bits per heavy atom. The second kappa shape index (κ2) is 20.0. The summed E-state index contributed by atoms with van der Waals surface area (Å²) in [5.41, 5.74) is 2.26. The molecule has 7 heteroatoms. The van der Waals surface area contributed by atoms with E-state index in [0.29, 0.717) is 26.0 Å². The minimum absolute atomic E-state index is 0.0867. The highest BCUT2D eigenvalue weighted by molar-refractivity contribution is 5.87. The quantitative estimate of drug-likeness (QED) is 0.172. The first-order chi connectivity index (χ1) is 20.2. The number of ether oxygens (including phenoxy) is 1. The van der Waals surface area contributed by atoms with Gasteiger partial charge in [0.2, 0.25) is 5.91 Å². The standard InChI is InChI=1S/C35H56N4O3/c1-7-10-11-12-16-23-38(6)35(41)37-33(24-28(4)5)34(40)36-31(26-39(8-2)9-3)25-29-19-21-32(22-20-29)42-27-30-17-14-13-15-18-30/h13-15,17-22,28,31,33H,7-12,16,23-27H2,1-6H3,(H,36,40)(H,37,41)/t31-,33-/m0/s1. The molecular weight excluding hydrogens is 524 g/mol. The van der Waals surface area contributed by atoms with Gasteiger partial charge in [-0.25, -0.2) is 4.79 Å². The zero-order valence-corrected chi connectivity index (χ0v) is 27.0. The minimum atomic E-state index is -0.576. The molecule has 0 aliphatic heterocycles. The number of nitrogens with zero attached hydrogens (tertiary/aromatic N) is 2. The van der Waals surface area contributed by atoms with Gasteiger partial charge in [0, 0.05) is 26.2 Å². The van der Waals surface area contributed by atoms with Gasteiger partial charge in [-0.05, 0) is 61.5 Å². The molecule has 0 spiro atoms. The molecule has 0 aliphatic carbocycles. The van der Waals surface area contributed by atoms with E-state index < -0.39 is 6.04 Å². The first kappa shape index (κ1) is 35.1. The number of carbonyl (C=O) groups is 2. The molecule has 2 aromatic rings. The zero-order valence-electron chi connectivity index (χ0n) is 27.0. The number of rotatable bonds is 20. The van der Waals surface area contributed by atoms with Crippen molar-refractivity contribution in [1.29, 1.82) is 0 Å². The molecule has 2 aromatic carbocycles. The highest BCUT2D eigenvalue weighted by Crippen LogP contribution is 2.16. The van der Waals surface area contributed by atoms with Crippen molar-refractivity contribution in [1.82, 2.24) is 20.4 Å². The molecule has 234 valence electrons. The van der Waals surface area contributed by atoms with Crippen molar-refractivity contribution < 1.29 is 14.3 Å². The van der Waals surface area contributed by atoms with Crippen LogP contribution in [0.15, 0.2) is 54.6 Å². The number of urea groups is 1. The third-order valence-corrected chi connectivity index (χ3v) is 7.64. The number of nitrogens with one attached hydrogen (secondary N) is 2. The largest absolute Gasteiger partial charge is 0.489 e. The molecule has 0 heterocycles. The Balaban J connectivity index is 2.04. The van der Waals surface area contributed by atoms with Crippen LogP contribution in [0.25, 0.3) is 0 Å². The molecule has 2 rings (SSSR count). The Morgan fingerprint density at radius 3 is 2.12 bits per heavy atom. The molecule has 3 amide bonds. The highest BCUT2D eigenvalue weighted by Gasteiger charge is 2.26. The summed E-state index contributed by atoms with van der Waals surface area (Å²) in [5.74, 6) is 0.972. The van der Waals surface area contributed by atoms with E-state index in [-0.39, 0.29) is 23.9 Å². The summed E-state index contributed by atoms with van der Waals surface area (Å²) < 4.78 is 5.96. The Labute approximate surface area is 255 Å². The molecule has 0 bridgehead atoms. The Hall–Kier alpha value is -3.06. The lowest BCUT2D eigenvalue weighted by Crippen LogP contribution is -2.55. The van der Waals surface area contributed by atoms with Crippen molar-refractivity contribution in [3.8, 4) is 5.75 Å². The monoisotopic (exact) mass is 580 g/mol. The van der Waals surface area contributed by atoms with Crippen LogP contribution in [0, 0.1) is 5.92 Å². The molecule has 0 saturated heterocycles. The van der Waals surface area contributed by atoms with Crippen LogP contribution in [0.5, 0.6) is 5.75 Å². The lowest BCUT2D eigenvalue weighted by molar-refractivity contribution is -0.124. The van der Waals surface area contributed by atoms with E-state index in [1.54, 1.807) is 4.90 Å².